The minimum atomic E-state index is -0.683. The highest BCUT2D eigenvalue weighted by Gasteiger charge is 2.11. The van der Waals surface area contributed by atoms with Crippen molar-refractivity contribution < 1.29 is 23.5 Å². The number of ether oxygens (including phenoxy) is 1. The maximum Gasteiger partial charge on any atom is 0.331 e. The average Bonchev–Trinajstić information content (AvgIpc) is 3.13. The highest BCUT2D eigenvalue weighted by molar-refractivity contribution is 5.96. The van der Waals surface area contributed by atoms with E-state index in [2.05, 4.69) is 10.6 Å². The lowest BCUT2D eigenvalue weighted by atomic mass is 10.1. The van der Waals surface area contributed by atoms with E-state index in [0.717, 1.165) is 28.5 Å². The molecule has 7 heteroatoms. The predicted molar refractivity (Wildman–Crippen MR) is 101 cm³/mol. The summed E-state index contributed by atoms with van der Waals surface area (Å²) in [4.78, 5) is 35.2. The van der Waals surface area contributed by atoms with E-state index < -0.39 is 18.5 Å². The van der Waals surface area contributed by atoms with Crippen molar-refractivity contribution in [2.24, 2.45) is 0 Å². The summed E-state index contributed by atoms with van der Waals surface area (Å²) in [6, 6.07) is 7.30. The molecule has 0 saturated heterocycles. The monoisotopic (exact) mass is 370 g/mol. The Morgan fingerprint density at radius 2 is 1.81 bits per heavy atom. The van der Waals surface area contributed by atoms with Gasteiger partial charge in [-0.2, -0.15) is 0 Å². The van der Waals surface area contributed by atoms with Crippen LogP contribution in [0.3, 0.4) is 0 Å². The summed E-state index contributed by atoms with van der Waals surface area (Å²) in [5.74, 6) is -1.11. The summed E-state index contributed by atoms with van der Waals surface area (Å²) in [7, 11) is 0. The zero-order valence-electron chi connectivity index (χ0n) is 15.5. The van der Waals surface area contributed by atoms with Crippen LogP contribution in [0.2, 0.25) is 0 Å². The Kier molecular flexibility index (Phi) is 6.93. The first-order chi connectivity index (χ1) is 12.8. The van der Waals surface area contributed by atoms with E-state index in [4.69, 9.17) is 9.15 Å². The summed E-state index contributed by atoms with van der Waals surface area (Å²) in [5, 5.41) is 5.19. The Morgan fingerprint density at radius 1 is 1.11 bits per heavy atom. The molecule has 0 radical (unpaired) electrons. The standard InChI is InChI=1S/C20H22N2O5/c1-13-9-14(2)20(15(3)10-13)22-17(23)11-21-18(24)12-27-19(25)7-6-16-5-4-8-26-16/h4-10H,11-12H2,1-3H3,(H,21,24)(H,22,23)/b7-6+. The molecule has 1 aromatic heterocycles. The van der Waals surface area contributed by atoms with Gasteiger partial charge in [0, 0.05) is 11.8 Å². The van der Waals surface area contributed by atoms with Crippen molar-refractivity contribution in [2.75, 3.05) is 18.5 Å². The Labute approximate surface area is 157 Å². The first kappa shape index (κ1) is 20.0. The Hall–Kier alpha value is -3.35. The summed E-state index contributed by atoms with van der Waals surface area (Å²) < 4.78 is 9.82. The van der Waals surface area contributed by atoms with Crippen LogP contribution in [-0.4, -0.2) is 30.9 Å². The van der Waals surface area contributed by atoms with E-state index in [0.29, 0.717) is 5.76 Å². The molecule has 2 aromatic rings. The number of hydrogen-bond acceptors (Lipinski definition) is 5. The molecule has 0 fully saturated rings. The van der Waals surface area contributed by atoms with Crippen LogP contribution in [0.15, 0.2) is 41.0 Å². The molecule has 2 N–H and O–H groups in total. The molecule has 0 atom stereocenters. The van der Waals surface area contributed by atoms with Gasteiger partial charge in [0.05, 0.1) is 12.8 Å². The molecule has 2 amide bonds. The topological polar surface area (TPSA) is 97.6 Å². The number of carbonyl (C=O) groups excluding carboxylic acids is 3. The fourth-order valence-corrected chi connectivity index (χ4v) is 2.51. The Balaban J connectivity index is 1.73. The summed E-state index contributed by atoms with van der Waals surface area (Å²) in [6.45, 7) is 5.10. The fourth-order valence-electron chi connectivity index (χ4n) is 2.51. The zero-order chi connectivity index (χ0) is 19.8. The maximum absolute atomic E-state index is 12.0. The molecule has 7 nitrogen and oxygen atoms in total. The highest BCUT2D eigenvalue weighted by Crippen LogP contribution is 2.21. The van der Waals surface area contributed by atoms with Crippen molar-refractivity contribution in [1.29, 1.82) is 0 Å². The third-order valence-corrected chi connectivity index (χ3v) is 3.66. The number of hydrogen-bond donors (Lipinski definition) is 2. The average molecular weight is 370 g/mol. The SMILES string of the molecule is Cc1cc(C)c(NC(=O)CNC(=O)COC(=O)/C=C/c2ccco2)c(C)c1. The van der Waals surface area contributed by atoms with Gasteiger partial charge in [-0.25, -0.2) is 4.79 Å². The number of benzene rings is 1. The molecule has 0 aliphatic carbocycles. The molecule has 0 aliphatic rings. The molecule has 0 aliphatic heterocycles. The Morgan fingerprint density at radius 3 is 2.44 bits per heavy atom. The molecule has 27 heavy (non-hydrogen) atoms. The summed E-state index contributed by atoms with van der Waals surface area (Å²) in [5.41, 5.74) is 3.74. The van der Waals surface area contributed by atoms with Gasteiger partial charge in [-0.05, 0) is 50.1 Å². The second-order valence-electron chi connectivity index (χ2n) is 6.06. The van der Waals surface area contributed by atoms with Gasteiger partial charge >= 0.3 is 5.97 Å². The van der Waals surface area contributed by atoms with E-state index in [1.807, 2.05) is 32.9 Å². The van der Waals surface area contributed by atoms with Crippen LogP contribution < -0.4 is 10.6 Å². The predicted octanol–water partition coefficient (Wildman–Crippen LogP) is 2.52. The second kappa shape index (κ2) is 9.38. The van der Waals surface area contributed by atoms with Gasteiger partial charge in [-0.3, -0.25) is 9.59 Å². The van der Waals surface area contributed by atoms with Gasteiger partial charge in [0.25, 0.3) is 5.91 Å². The quantitative estimate of drug-likeness (QED) is 0.576. The smallest absolute Gasteiger partial charge is 0.331 e. The molecular formula is C20H22N2O5. The van der Waals surface area contributed by atoms with Gasteiger partial charge < -0.3 is 19.8 Å². The fraction of sp³-hybridized carbons (Fsp3) is 0.250. The molecule has 2 rings (SSSR count). The number of anilines is 1. The third kappa shape index (κ3) is 6.47. The first-order valence-electron chi connectivity index (χ1n) is 8.38. The molecule has 0 unspecified atom stereocenters. The van der Waals surface area contributed by atoms with Crippen molar-refractivity contribution in [3.8, 4) is 0 Å². The molecule has 1 heterocycles. The minimum absolute atomic E-state index is 0.217. The van der Waals surface area contributed by atoms with Crippen molar-refractivity contribution in [2.45, 2.75) is 20.8 Å². The van der Waals surface area contributed by atoms with Crippen LogP contribution in [0, 0.1) is 20.8 Å². The Bertz CT molecular complexity index is 830. The van der Waals surface area contributed by atoms with Crippen molar-refractivity contribution in [3.05, 3.63) is 59.1 Å². The largest absolute Gasteiger partial charge is 0.465 e. The van der Waals surface area contributed by atoms with Gasteiger partial charge in [0.1, 0.15) is 5.76 Å². The van der Waals surface area contributed by atoms with Crippen molar-refractivity contribution in [3.63, 3.8) is 0 Å². The maximum atomic E-state index is 12.0. The lowest BCUT2D eigenvalue weighted by molar-refractivity contribution is -0.143. The van der Waals surface area contributed by atoms with E-state index in [1.165, 1.54) is 12.3 Å². The van der Waals surface area contributed by atoms with Crippen LogP contribution in [0.5, 0.6) is 0 Å². The van der Waals surface area contributed by atoms with Crippen molar-refractivity contribution in [1.82, 2.24) is 5.32 Å². The first-order valence-corrected chi connectivity index (χ1v) is 8.38. The molecule has 0 spiro atoms. The number of amides is 2. The lowest BCUT2D eigenvalue weighted by Crippen LogP contribution is -2.35. The number of carbonyl (C=O) groups is 3. The second-order valence-corrected chi connectivity index (χ2v) is 6.06. The zero-order valence-corrected chi connectivity index (χ0v) is 15.5. The van der Waals surface area contributed by atoms with Crippen LogP contribution in [0.4, 0.5) is 5.69 Å². The van der Waals surface area contributed by atoms with Gasteiger partial charge in [-0.15, -0.1) is 0 Å². The summed E-state index contributed by atoms with van der Waals surface area (Å²) in [6.07, 6.45) is 4.06. The minimum Gasteiger partial charge on any atom is -0.465 e. The van der Waals surface area contributed by atoms with Gasteiger partial charge in [0.15, 0.2) is 6.61 Å². The molecule has 142 valence electrons. The molecule has 0 bridgehead atoms. The van der Waals surface area contributed by atoms with Gasteiger partial charge in [-0.1, -0.05) is 17.7 Å². The van der Waals surface area contributed by atoms with E-state index >= 15 is 0 Å². The van der Waals surface area contributed by atoms with Crippen molar-refractivity contribution >= 4 is 29.5 Å². The lowest BCUT2D eigenvalue weighted by Gasteiger charge is -2.13. The van der Waals surface area contributed by atoms with Crippen LogP contribution in [-0.2, 0) is 19.1 Å². The number of nitrogens with one attached hydrogen (secondary N) is 2. The number of rotatable bonds is 7. The summed E-state index contributed by atoms with van der Waals surface area (Å²) >= 11 is 0. The van der Waals surface area contributed by atoms with Crippen LogP contribution in [0.25, 0.3) is 6.08 Å². The number of esters is 1. The van der Waals surface area contributed by atoms with E-state index in [9.17, 15) is 14.4 Å². The highest BCUT2D eigenvalue weighted by atomic mass is 16.5. The normalized spacial score (nSPS) is 10.6. The van der Waals surface area contributed by atoms with Gasteiger partial charge in [0.2, 0.25) is 5.91 Å². The van der Waals surface area contributed by atoms with Crippen LogP contribution >= 0.6 is 0 Å². The molecular weight excluding hydrogens is 348 g/mol. The number of aryl methyl sites for hydroxylation is 3. The molecule has 0 saturated carbocycles. The molecule has 1 aromatic carbocycles. The number of furan rings is 1. The third-order valence-electron chi connectivity index (χ3n) is 3.66. The van der Waals surface area contributed by atoms with E-state index in [-0.39, 0.29) is 12.5 Å². The van der Waals surface area contributed by atoms with Crippen LogP contribution in [0.1, 0.15) is 22.5 Å². The van der Waals surface area contributed by atoms with E-state index in [1.54, 1.807) is 12.1 Å².